The SMILES string of the molecule is COC(=O)[C@@H](Cc1ccc2cccnc2c1)NC(=O)OCc1ccccc1. The fourth-order valence-electron chi connectivity index (χ4n) is 2.72. The number of pyridine rings is 1. The number of benzene rings is 2. The molecule has 0 aliphatic carbocycles. The van der Waals surface area contributed by atoms with Gasteiger partial charge in [0.2, 0.25) is 0 Å². The van der Waals surface area contributed by atoms with Crippen molar-refractivity contribution < 1.29 is 19.1 Å². The highest BCUT2D eigenvalue weighted by atomic mass is 16.6. The molecule has 1 atom stereocenters. The van der Waals surface area contributed by atoms with Crippen molar-refractivity contribution in [2.75, 3.05) is 7.11 Å². The normalized spacial score (nSPS) is 11.6. The van der Waals surface area contributed by atoms with Crippen LogP contribution in [0.2, 0.25) is 0 Å². The lowest BCUT2D eigenvalue weighted by molar-refractivity contribution is -0.143. The molecule has 0 bridgehead atoms. The molecule has 1 aromatic heterocycles. The summed E-state index contributed by atoms with van der Waals surface area (Å²) in [4.78, 5) is 28.5. The highest BCUT2D eigenvalue weighted by Gasteiger charge is 2.23. The van der Waals surface area contributed by atoms with Crippen LogP contribution in [-0.4, -0.2) is 30.2 Å². The van der Waals surface area contributed by atoms with Gasteiger partial charge in [0.25, 0.3) is 0 Å². The first-order valence-corrected chi connectivity index (χ1v) is 8.54. The molecule has 138 valence electrons. The summed E-state index contributed by atoms with van der Waals surface area (Å²) in [6.07, 6.45) is 1.32. The molecule has 3 rings (SSSR count). The molecule has 1 N–H and O–H groups in total. The van der Waals surface area contributed by atoms with Crippen molar-refractivity contribution in [1.29, 1.82) is 0 Å². The molecule has 3 aromatic rings. The van der Waals surface area contributed by atoms with E-state index in [-0.39, 0.29) is 13.0 Å². The fourth-order valence-corrected chi connectivity index (χ4v) is 2.72. The zero-order chi connectivity index (χ0) is 19.1. The Labute approximate surface area is 157 Å². The lowest BCUT2D eigenvalue weighted by atomic mass is 10.0. The Kier molecular flexibility index (Phi) is 5.99. The molecule has 0 saturated heterocycles. The number of carbonyl (C=O) groups is 2. The van der Waals surface area contributed by atoms with E-state index in [0.717, 1.165) is 22.0 Å². The zero-order valence-corrected chi connectivity index (χ0v) is 14.9. The molecule has 1 heterocycles. The van der Waals surface area contributed by atoms with Crippen molar-refractivity contribution in [2.45, 2.75) is 19.1 Å². The molecule has 0 fully saturated rings. The smallest absolute Gasteiger partial charge is 0.408 e. The van der Waals surface area contributed by atoms with Crippen LogP contribution in [0, 0.1) is 0 Å². The van der Waals surface area contributed by atoms with Crippen molar-refractivity contribution in [1.82, 2.24) is 10.3 Å². The van der Waals surface area contributed by atoms with Crippen molar-refractivity contribution in [3.63, 3.8) is 0 Å². The standard InChI is InChI=1S/C21H20N2O4/c1-26-20(24)19(23-21(25)27-14-15-6-3-2-4-7-15)13-16-9-10-17-8-5-11-22-18(17)12-16/h2-12,19H,13-14H2,1H3,(H,23,25)/t19-/m1/s1. The molecule has 0 aliphatic rings. The minimum absolute atomic E-state index is 0.125. The molecule has 1 amide bonds. The van der Waals surface area contributed by atoms with Gasteiger partial charge < -0.3 is 14.8 Å². The number of methoxy groups -OCH3 is 1. The molecule has 0 spiro atoms. The van der Waals surface area contributed by atoms with Crippen LogP contribution in [0.3, 0.4) is 0 Å². The topological polar surface area (TPSA) is 77.5 Å². The number of carbonyl (C=O) groups excluding carboxylic acids is 2. The number of alkyl carbamates (subject to hydrolysis) is 1. The first kappa shape index (κ1) is 18.4. The Morgan fingerprint density at radius 3 is 2.63 bits per heavy atom. The first-order chi connectivity index (χ1) is 13.2. The third-order valence-electron chi connectivity index (χ3n) is 4.10. The van der Waals surface area contributed by atoms with Crippen LogP contribution in [0.15, 0.2) is 66.9 Å². The van der Waals surface area contributed by atoms with E-state index in [1.807, 2.05) is 60.7 Å². The molecule has 27 heavy (non-hydrogen) atoms. The second kappa shape index (κ2) is 8.80. The highest BCUT2D eigenvalue weighted by Crippen LogP contribution is 2.15. The van der Waals surface area contributed by atoms with E-state index in [1.165, 1.54) is 7.11 Å². The lowest BCUT2D eigenvalue weighted by Gasteiger charge is -2.17. The van der Waals surface area contributed by atoms with Crippen LogP contribution in [0.1, 0.15) is 11.1 Å². The summed E-state index contributed by atoms with van der Waals surface area (Å²) in [6, 6.07) is 18.0. The summed E-state index contributed by atoms with van der Waals surface area (Å²) in [7, 11) is 1.29. The number of nitrogens with one attached hydrogen (secondary N) is 1. The van der Waals surface area contributed by atoms with E-state index in [0.29, 0.717) is 0 Å². The molecule has 0 radical (unpaired) electrons. The first-order valence-electron chi connectivity index (χ1n) is 8.54. The predicted molar refractivity (Wildman–Crippen MR) is 101 cm³/mol. The van der Waals surface area contributed by atoms with Crippen LogP contribution in [0.4, 0.5) is 4.79 Å². The molecular weight excluding hydrogens is 344 g/mol. The maximum absolute atomic E-state index is 12.1. The number of fused-ring (bicyclic) bond motifs is 1. The predicted octanol–water partition coefficient (Wildman–Crippen LogP) is 3.25. The van der Waals surface area contributed by atoms with Gasteiger partial charge in [-0.2, -0.15) is 0 Å². The van der Waals surface area contributed by atoms with Crippen LogP contribution < -0.4 is 5.32 Å². The molecule has 2 aromatic carbocycles. The van der Waals surface area contributed by atoms with Gasteiger partial charge in [0.05, 0.1) is 12.6 Å². The number of ether oxygens (including phenoxy) is 2. The zero-order valence-electron chi connectivity index (χ0n) is 14.9. The number of esters is 1. The number of aromatic nitrogens is 1. The van der Waals surface area contributed by atoms with Crippen molar-refractivity contribution in [3.8, 4) is 0 Å². The third kappa shape index (κ3) is 5.04. The fraction of sp³-hybridized carbons (Fsp3) is 0.190. The Bertz CT molecular complexity index is 928. The van der Waals surface area contributed by atoms with Gasteiger partial charge in [-0.25, -0.2) is 9.59 Å². The highest BCUT2D eigenvalue weighted by molar-refractivity contribution is 5.82. The molecule has 6 nitrogen and oxygen atoms in total. The van der Waals surface area contributed by atoms with Crippen LogP contribution >= 0.6 is 0 Å². The molecular formula is C21H20N2O4. The number of amides is 1. The van der Waals surface area contributed by atoms with Crippen molar-refractivity contribution in [2.24, 2.45) is 0 Å². The van der Waals surface area contributed by atoms with Gasteiger partial charge >= 0.3 is 12.1 Å². The third-order valence-corrected chi connectivity index (χ3v) is 4.10. The van der Waals surface area contributed by atoms with E-state index in [9.17, 15) is 9.59 Å². The summed E-state index contributed by atoms with van der Waals surface area (Å²) in [5, 5.41) is 3.58. The minimum Gasteiger partial charge on any atom is -0.467 e. The molecule has 0 unspecified atom stereocenters. The van der Waals surface area contributed by atoms with Gasteiger partial charge in [0.1, 0.15) is 12.6 Å². The maximum Gasteiger partial charge on any atom is 0.408 e. The second-order valence-corrected chi connectivity index (χ2v) is 6.02. The van der Waals surface area contributed by atoms with E-state index in [4.69, 9.17) is 9.47 Å². The summed E-state index contributed by atoms with van der Waals surface area (Å²) in [6.45, 7) is 0.125. The summed E-state index contributed by atoms with van der Waals surface area (Å²) in [5.74, 6) is -0.534. The molecule has 0 aliphatic heterocycles. The average molecular weight is 364 g/mol. The van der Waals surface area contributed by atoms with Gasteiger partial charge in [-0.1, -0.05) is 48.5 Å². The van der Waals surface area contributed by atoms with Crippen molar-refractivity contribution in [3.05, 3.63) is 78.0 Å². The van der Waals surface area contributed by atoms with E-state index in [2.05, 4.69) is 10.3 Å². The Morgan fingerprint density at radius 2 is 1.85 bits per heavy atom. The average Bonchev–Trinajstić information content (AvgIpc) is 2.72. The van der Waals surface area contributed by atoms with Crippen molar-refractivity contribution >= 4 is 23.0 Å². The van der Waals surface area contributed by atoms with Gasteiger partial charge in [0.15, 0.2) is 0 Å². The van der Waals surface area contributed by atoms with Crippen LogP contribution in [-0.2, 0) is 27.3 Å². The van der Waals surface area contributed by atoms with Crippen LogP contribution in [0.5, 0.6) is 0 Å². The van der Waals surface area contributed by atoms with E-state index >= 15 is 0 Å². The number of hydrogen-bond acceptors (Lipinski definition) is 5. The van der Waals surface area contributed by atoms with E-state index in [1.54, 1.807) is 6.20 Å². The number of rotatable bonds is 6. The molecule has 6 heteroatoms. The Hall–Kier alpha value is -3.41. The lowest BCUT2D eigenvalue weighted by Crippen LogP contribution is -2.43. The summed E-state index contributed by atoms with van der Waals surface area (Å²) >= 11 is 0. The molecule has 0 saturated carbocycles. The quantitative estimate of drug-likeness (QED) is 0.680. The number of nitrogens with zero attached hydrogens (tertiary/aromatic N) is 1. The van der Waals surface area contributed by atoms with E-state index < -0.39 is 18.1 Å². The summed E-state index contributed by atoms with van der Waals surface area (Å²) < 4.78 is 10.0. The largest absolute Gasteiger partial charge is 0.467 e. The Morgan fingerprint density at radius 1 is 1.04 bits per heavy atom. The van der Waals surface area contributed by atoms with Crippen LogP contribution in [0.25, 0.3) is 10.9 Å². The van der Waals surface area contributed by atoms with Gasteiger partial charge in [-0.15, -0.1) is 0 Å². The minimum atomic E-state index is -0.848. The second-order valence-electron chi connectivity index (χ2n) is 6.02. The monoisotopic (exact) mass is 364 g/mol. The summed E-state index contributed by atoms with van der Waals surface area (Å²) in [5.41, 5.74) is 2.55. The van der Waals surface area contributed by atoms with Gasteiger partial charge in [-0.3, -0.25) is 4.98 Å². The van der Waals surface area contributed by atoms with Gasteiger partial charge in [0, 0.05) is 18.0 Å². The maximum atomic E-state index is 12.1. The number of hydrogen-bond donors (Lipinski definition) is 1. The van der Waals surface area contributed by atoms with Gasteiger partial charge in [-0.05, 0) is 23.3 Å². The Balaban J connectivity index is 1.65.